The van der Waals surface area contributed by atoms with Crippen LogP contribution in [0.25, 0.3) is 5.69 Å². The summed E-state index contributed by atoms with van der Waals surface area (Å²) in [7, 11) is 0. The van der Waals surface area contributed by atoms with E-state index >= 15 is 0 Å². The number of anilines is 1. The lowest BCUT2D eigenvalue weighted by molar-refractivity contribution is 0.0949. The van der Waals surface area contributed by atoms with Gasteiger partial charge in [-0.25, -0.2) is 9.67 Å². The summed E-state index contributed by atoms with van der Waals surface area (Å²) < 4.78 is 7.19. The minimum Gasteiger partial charge on any atom is -0.378 e. The van der Waals surface area contributed by atoms with Gasteiger partial charge in [0.1, 0.15) is 5.82 Å². The van der Waals surface area contributed by atoms with Crippen LogP contribution in [0.5, 0.6) is 0 Å². The number of ether oxygens (including phenoxy) is 1. The van der Waals surface area contributed by atoms with Crippen molar-refractivity contribution in [3.8, 4) is 5.69 Å². The van der Waals surface area contributed by atoms with Gasteiger partial charge in [0.15, 0.2) is 0 Å². The zero-order chi connectivity index (χ0) is 18.5. The highest BCUT2D eigenvalue weighted by molar-refractivity contribution is 5.98. The molecule has 1 N–H and O–H groups in total. The summed E-state index contributed by atoms with van der Waals surface area (Å²) in [5.74, 6) is 0.591. The van der Waals surface area contributed by atoms with Gasteiger partial charge in [-0.2, -0.15) is 5.10 Å². The Morgan fingerprint density at radius 3 is 2.63 bits per heavy atom. The molecule has 7 heteroatoms. The SMILES string of the molecule is O=C(NCc1ccc(-n2cccn2)cc1)c1cccnc1N1CCOCC1. The van der Waals surface area contributed by atoms with E-state index in [1.54, 1.807) is 23.1 Å². The van der Waals surface area contributed by atoms with E-state index in [4.69, 9.17) is 4.74 Å². The quantitative estimate of drug-likeness (QED) is 0.751. The first-order valence-electron chi connectivity index (χ1n) is 8.96. The summed E-state index contributed by atoms with van der Waals surface area (Å²) in [5, 5.41) is 7.20. The number of carbonyl (C=O) groups is 1. The lowest BCUT2D eigenvalue weighted by Gasteiger charge is -2.29. The molecule has 138 valence electrons. The minimum atomic E-state index is -0.124. The Kier molecular flexibility index (Phi) is 5.11. The predicted molar refractivity (Wildman–Crippen MR) is 102 cm³/mol. The van der Waals surface area contributed by atoms with E-state index in [0.29, 0.717) is 31.1 Å². The van der Waals surface area contributed by atoms with Crippen LogP contribution in [0, 0.1) is 0 Å². The molecule has 3 heterocycles. The first-order chi connectivity index (χ1) is 13.3. The van der Waals surface area contributed by atoms with Crippen LogP contribution in [0.3, 0.4) is 0 Å². The highest BCUT2D eigenvalue weighted by Gasteiger charge is 2.19. The van der Waals surface area contributed by atoms with Crippen LogP contribution in [-0.2, 0) is 11.3 Å². The standard InChI is InChI=1S/C20H21N5O2/c26-20(18-3-1-8-21-19(18)24-11-13-27-14-12-24)22-15-16-4-6-17(7-5-16)25-10-2-9-23-25/h1-10H,11-15H2,(H,22,26). The molecule has 1 amide bonds. The molecule has 1 aliphatic heterocycles. The highest BCUT2D eigenvalue weighted by Crippen LogP contribution is 2.18. The van der Waals surface area contributed by atoms with Gasteiger partial charge in [-0.1, -0.05) is 12.1 Å². The molecule has 4 rings (SSSR count). The molecule has 0 atom stereocenters. The van der Waals surface area contributed by atoms with Crippen LogP contribution in [-0.4, -0.2) is 47.0 Å². The van der Waals surface area contributed by atoms with Crippen LogP contribution in [0.4, 0.5) is 5.82 Å². The third-order valence-corrected chi connectivity index (χ3v) is 4.50. The number of rotatable bonds is 5. The van der Waals surface area contributed by atoms with Crippen LogP contribution in [0.1, 0.15) is 15.9 Å². The number of benzene rings is 1. The third-order valence-electron chi connectivity index (χ3n) is 4.50. The number of hydrogen-bond acceptors (Lipinski definition) is 5. The van der Waals surface area contributed by atoms with Crippen LogP contribution >= 0.6 is 0 Å². The molecule has 0 aliphatic carbocycles. The van der Waals surface area contributed by atoms with Gasteiger partial charge in [0, 0.05) is 38.2 Å². The number of pyridine rings is 1. The monoisotopic (exact) mass is 363 g/mol. The van der Waals surface area contributed by atoms with Gasteiger partial charge < -0.3 is 15.0 Å². The first kappa shape index (κ1) is 17.2. The van der Waals surface area contributed by atoms with E-state index in [1.165, 1.54) is 0 Å². The Balaban J connectivity index is 1.42. The van der Waals surface area contributed by atoms with Crippen molar-refractivity contribution in [3.63, 3.8) is 0 Å². The highest BCUT2D eigenvalue weighted by atomic mass is 16.5. The fourth-order valence-corrected chi connectivity index (χ4v) is 3.07. The second-order valence-electron chi connectivity index (χ2n) is 6.27. The molecule has 1 aromatic carbocycles. The Bertz CT molecular complexity index is 887. The number of carbonyl (C=O) groups excluding carboxylic acids is 1. The maximum absolute atomic E-state index is 12.7. The van der Waals surface area contributed by atoms with Crippen molar-refractivity contribution in [2.24, 2.45) is 0 Å². The van der Waals surface area contributed by atoms with Crippen molar-refractivity contribution in [2.45, 2.75) is 6.54 Å². The Morgan fingerprint density at radius 2 is 1.89 bits per heavy atom. The van der Waals surface area contributed by atoms with E-state index in [0.717, 1.165) is 24.3 Å². The normalized spacial score (nSPS) is 14.1. The number of amides is 1. The number of hydrogen-bond donors (Lipinski definition) is 1. The summed E-state index contributed by atoms with van der Waals surface area (Å²) in [5.41, 5.74) is 2.60. The molecular weight excluding hydrogens is 342 g/mol. The molecule has 1 aliphatic rings. The third kappa shape index (κ3) is 3.98. The molecule has 2 aromatic heterocycles. The molecule has 1 saturated heterocycles. The topological polar surface area (TPSA) is 72.3 Å². The minimum absolute atomic E-state index is 0.124. The maximum Gasteiger partial charge on any atom is 0.255 e. The molecule has 0 bridgehead atoms. The fourth-order valence-electron chi connectivity index (χ4n) is 3.07. The zero-order valence-electron chi connectivity index (χ0n) is 14.9. The Labute approximate surface area is 157 Å². The number of nitrogens with zero attached hydrogens (tertiary/aromatic N) is 4. The Morgan fingerprint density at radius 1 is 1.07 bits per heavy atom. The largest absolute Gasteiger partial charge is 0.378 e. The van der Waals surface area contributed by atoms with Crippen molar-refractivity contribution in [3.05, 3.63) is 72.2 Å². The fraction of sp³-hybridized carbons (Fsp3) is 0.250. The van der Waals surface area contributed by atoms with Crippen molar-refractivity contribution < 1.29 is 9.53 Å². The zero-order valence-corrected chi connectivity index (χ0v) is 14.9. The summed E-state index contributed by atoms with van der Waals surface area (Å²) in [6, 6.07) is 13.4. The molecular formula is C20H21N5O2. The average molecular weight is 363 g/mol. The number of morpholine rings is 1. The Hall–Kier alpha value is -3.19. The van der Waals surface area contributed by atoms with Crippen molar-refractivity contribution in [1.29, 1.82) is 0 Å². The molecule has 0 unspecified atom stereocenters. The first-order valence-corrected chi connectivity index (χ1v) is 8.96. The van der Waals surface area contributed by atoms with Crippen molar-refractivity contribution >= 4 is 11.7 Å². The number of aromatic nitrogens is 3. The van der Waals surface area contributed by atoms with Crippen LogP contribution in [0.2, 0.25) is 0 Å². The van der Waals surface area contributed by atoms with Gasteiger partial charge in [0.2, 0.25) is 0 Å². The predicted octanol–water partition coefficient (Wildman–Crippen LogP) is 2.03. The smallest absolute Gasteiger partial charge is 0.255 e. The van der Waals surface area contributed by atoms with Gasteiger partial charge in [0.25, 0.3) is 5.91 Å². The molecule has 7 nitrogen and oxygen atoms in total. The van der Waals surface area contributed by atoms with E-state index in [1.807, 2.05) is 42.6 Å². The maximum atomic E-state index is 12.7. The molecule has 0 spiro atoms. The van der Waals surface area contributed by atoms with Crippen molar-refractivity contribution in [1.82, 2.24) is 20.1 Å². The lowest BCUT2D eigenvalue weighted by atomic mass is 10.2. The molecule has 0 saturated carbocycles. The molecule has 3 aromatic rings. The van der Waals surface area contributed by atoms with Crippen LogP contribution in [0.15, 0.2) is 61.1 Å². The second-order valence-corrected chi connectivity index (χ2v) is 6.27. The van der Waals surface area contributed by atoms with E-state index in [9.17, 15) is 4.79 Å². The molecule has 27 heavy (non-hydrogen) atoms. The van der Waals surface area contributed by atoms with E-state index < -0.39 is 0 Å². The van der Waals surface area contributed by atoms with Gasteiger partial charge in [0.05, 0.1) is 24.5 Å². The van der Waals surface area contributed by atoms with Gasteiger partial charge in [-0.15, -0.1) is 0 Å². The van der Waals surface area contributed by atoms with Gasteiger partial charge in [-0.05, 0) is 35.9 Å². The van der Waals surface area contributed by atoms with Gasteiger partial charge in [-0.3, -0.25) is 4.79 Å². The van der Waals surface area contributed by atoms with Crippen molar-refractivity contribution in [2.75, 3.05) is 31.2 Å². The summed E-state index contributed by atoms with van der Waals surface area (Å²) in [4.78, 5) is 19.2. The molecule has 1 fully saturated rings. The van der Waals surface area contributed by atoms with Gasteiger partial charge >= 0.3 is 0 Å². The summed E-state index contributed by atoms with van der Waals surface area (Å²) >= 11 is 0. The molecule has 0 radical (unpaired) electrons. The summed E-state index contributed by atoms with van der Waals surface area (Å²) in [6.07, 6.45) is 5.36. The lowest BCUT2D eigenvalue weighted by Crippen LogP contribution is -2.38. The number of nitrogens with one attached hydrogen (secondary N) is 1. The second kappa shape index (κ2) is 8.01. The summed E-state index contributed by atoms with van der Waals surface area (Å²) in [6.45, 7) is 3.24. The van der Waals surface area contributed by atoms with E-state index in [-0.39, 0.29) is 5.91 Å². The van der Waals surface area contributed by atoms with Crippen LogP contribution < -0.4 is 10.2 Å². The average Bonchev–Trinajstić information content (AvgIpc) is 3.28. The van der Waals surface area contributed by atoms with E-state index in [2.05, 4.69) is 20.3 Å².